The minimum atomic E-state index is -0.585. The third kappa shape index (κ3) is 5.15. The molecule has 0 aromatic heterocycles. The molecule has 0 aliphatic carbocycles. The lowest BCUT2D eigenvalue weighted by atomic mass is 10.2. The Bertz CT molecular complexity index is 401. The summed E-state index contributed by atoms with van der Waals surface area (Å²) in [7, 11) is 0. The van der Waals surface area contributed by atoms with Crippen molar-refractivity contribution < 1.29 is 9.53 Å². The van der Waals surface area contributed by atoms with Crippen molar-refractivity contribution in [1.29, 1.82) is 0 Å². The zero-order valence-electron chi connectivity index (χ0n) is 10.7. The van der Waals surface area contributed by atoms with E-state index in [0.29, 0.717) is 28.3 Å². The number of hydrogen-bond donors (Lipinski definition) is 1. The van der Waals surface area contributed by atoms with Gasteiger partial charge in [-0.15, -0.1) is 0 Å². The molecule has 1 amide bonds. The van der Waals surface area contributed by atoms with Gasteiger partial charge in [-0.25, -0.2) is 0 Å². The molecule has 1 aromatic rings. The quantitative estimate of drug-likeness (QED) is 0.900. The van der Waals surface area contributed by atoms with E-state index in [9.17, 15) is 4.79 Å². The number of halogens is 2. The average Bonchev–Trinajstić information content (AvgIpc) is 2.24. The summed E-state index contributed by atoms with van der Waals surface area (Å²) in [5, 5.41) is 3.76. The van der Waals surface area contributed by atoms with E-state index >= 15 is 0 Å². The smallest absolute Gasteiger partial charge is 0.260 e. The van der Waals surface area contributed by atoms with Crippen LogP contribution in [0.2, 0.25) is 10.0 Å². The summed E-state index contributed by atoms with van der Waals surface area (Å²) >= 11 is 11.7. The summed E-state index contributed by atoms with van der Waals surface area (Å²) in [6, 6.07) is 4.86. The highest BCUT2D eigenvalue weighted by molar-refractivity contribution is 6.34. The molecule has 5 heteroatoms. The van der Waals surface area contributed by atoms with E-state index in [1.54, 1.807) is 25.1 Å². The summed E-state index contributed by atoms with van der Waals surface area (Å²) in [5.74, 6) is 0.737. The van der Waals surface area contributed by atoms with Crippen LogP contribution in [0.1, 0.15) is 20.8 Å². The Balaban J connectivity index is 2.58. The fourth-order valence-electron chi connectivity index (χ4n) is 1.30. The number of ether oxygens (including phenoxy) is 1. The molecule has 1 N–H and O–H groups in total. The van der Waals surface area contributed by atoms with Crippen molar-refractivity contribution in [3.63, 3.8) is 0 Å². The van der Waals surface area contributed by atoms with Crippen LogP contribution in [-0.2, 0) is 4.79 Å². The normalized spacial score (nSPS) is 12.3. The second-order valence-corrected chi connectivity index (χ2v) is 5.38. The maximum atomic E-state index is 11.7. The van der Waals surface area contributed by atoms with Crippen LogP contribution in [0.5, 0.6) is 5.75 Å². The standard InChI is InChI=1S/C13H17Cl2NO2/c1-8(2)7-16-13(17)9(3)18-12-5-10(14)4-11(15)6-12/h4-6,8-9H,7H2,1-3H3,(H,16,17). The van der Waals surface area contributed by atoms with Crippen LogP contribution in [0.4, 0.5) is 0 Å². The molecule has 0 heterocycles. The molecule has 0 aliphatic rings. The Labute approximate surface area is 117 Å². The van der Waals surface area contributed by atoms with Gasteiger partial charge in [-0.1, -0.05) is 37.0 Å². The van der Waals surface area contributed by atoms with Gasteiger partial charge in [0.15, 0.2) is 6.10 Å². The molecular formula is C13H17Cl2NO2. The number of amides is 1. The number of carbonyl (C=O) groups is 1. The molecule has 0 aliphatic heterocycles. The molecule has 18 heavy (non-hydrogen) atoms. The van der Waals surface area contributed by atoms with Gasteiger partial charge in [-0.05, 0) is 31.0 Å². The molecule has 1 atom stereocenters. The highest BCUT2D eigenvalue weighted by Crippen LogP contribution is 2.24. The fourth-order valence-corrected chi connectivity index (χ4v) is 1.81. The third-order valence-corrected chi connectivity index (χ3v) is 2.64. The van der Waals surface area contributed by atoms with Crippen LogP contribution in [0.25, 0.3) is 0 Å². The first kappa shape index (κ1) is 15.1. The zero-order valence-corrected chi connectivity index (χ0v) is 12.2. The van der Waals surface area contributed by atoms with Crippen LogP contribution in [-0.4, -0.2) is 18.6 Å². The van der Waals surface area contributed by atoms with E-state index < -0.39 is 6.10 Å². The number of benzene rings is 1. The number of nitrogens with one attached hydrogen (secondary N) is 1. The van der Waals surface area contributed by atoms with Crippen molar-refractivity contribution >= 4 is 29.1 Å². The van der Waals surface area contributed by atoms with Gasteiger partial charge < -0.3 is 10.1 Å². The largest absolute Gasteiger partial charge is 0.481 e. The van der Waals surface area contributed by atoms with E-state index in [4.69, 9.17) is 27.9 Å². The summed E-state index contributed by atoms with van der Waals surface area (Å²) in [5.41, 5.74) is 0. The van der Waals surface area contributed by atoms with Crippen LogP contribution in [0, 0.1) is 5.92 Å². The first-order valence-electron chi connectivity index (χ1n) is 5.79. The second kappa shape index (κ2) is 6.86. The Kier molecular flexibility index (Phi) is 5.76. The lowest BCUT2D eigenvalue weighted by Gasteiger charge is -2.16. The maximum absolute atomic E-state index is 11.7. The van der Waals surface area contributed by atoms with Crippen LogP contribution >= 0.6 is 23.2 Å². The molecule has 0 bridgehead atoms. The molecular weight excluding hydrogens is 273 g/mol. The minimum absolute atomic E-state index is 0.153. The van der Waals surface area contributed by atoms with Crippen molar-refractivity contribution in [1.82, 2.24) is 5.32 Å². The van der Waals surface area contributed by atoms with E-state index in [0.717, 1.165) is 0 Å². The summed E-state index contributed by atoms with van der Waals surface area (Å²) < 4.78 is 5.49. The van der Waals surface area contributed by atoms with Crippen LogP contribution in [0.3, 0.4) is 0 Å². The Hall–Kier alpha value is -0.930. The maximum Gasteiger partial charge on any atom is 0.260 e. The monoisotopic (exact) mass is 289 g/mol. The van der Waals surface area contributed by atoms with Gasteiger partial charge in [0.2, 0.25) is 0 Å². The van der Waals surface area contributed by atoms with E-state index in [2.05, 4.69) is 5.32 Å². The lowest BCUT2D eigenvalue weighted by molar-refractivity contribution is -0.127. The van der Waals surface area contributed by atoms with Gasteiger partial charge in [-0.3, -0.25) is 4.79 Å². The van der Waals surface area contributed by atoms with E-state index in [1.807, 2.05) is 13.8 Å². The van der Waals surface area contributed by atoms with Crippen molar-refractivity contribution in [2.75, 3.05) is 6.54 Å². The highest BCUT2D eigenvalue weighted by atomic mass is 35.5. The van der Waals surface area contributed by atoms with Crippen LogP contribution < -0.4 is 10.1 Å². The Morgan fingerprint density at radius 2 is 1.78 bits per heavy atom. The van der Waals surface area contributed by atoms with Crippen molar-refractivity contribution in [3.8, 4) is 5.75 Å². The molecule has 0 fully saturated rings. The average molecular weight is 290 g/mol. The predicted octanol–water partition coefficient (Wildman–Crippen LogP) is 3.53. The van der Waals surface area contributed by atoms with Gasteiger partial charge in [0, 0.05) is 16.6 Å². The fraction of sp³-hybridized carbons (Fsp3) is 0.462. The summed E-state index contributed by atoms with van der Waals surface area (Å²) in [6.07, 6.45) is -0.585. The first-order valence-corrected chi connectivity index (χ1v) is 6.54. The van der Waals surface area contributed by atoms with Crippen LogP contribution in [0.15, 0.2) is 18.2 Å². The van der Waals surface area contributed by atoms with Gasteiger partial charge in [0.1, 0.15) is 5.75 Å². The van der Waals surface area contributed by atoms with Gasteiger partial charge in [-0.2, -0.15) is 0 Å². The number of carbonyl (C=O) groups excluding carboxylic acids is 1. The van der Waals surface area contributed by atoms with Gasteiger partial charge in [0.25, 0.3) is 5.91 Å². The molecule has 0 spiro atoms. The number of hydrogen-bond acceptors (Lipinski definition) is 2. The molecule has 1 unspecified atom stereocenters. The summed E-state index contributed by atoms with van der Waals surface area (Å²) in [6.45, 7) is 6.37. The SMILES string of the molecule is CC(C)CNC(=O)C(C)Oc1cc(Cl)cc(Cl)c1. The Morgan fingerprint density at radius 1 is 1.22 bits per heavy atom. The van der Waals surface area contributed by atoms with E-state index in [-0.39, 0.29) is 5.91 Å². The zero-order chi connectivity index (χ0) is 13.7. The predicted molar refractivity (Wildman–Crippen MR) is 74.4 cm³/mol. The molecule has 0 radical (unpaired) electrons. The number of rotatable bonds is 5. The van der Waals surface area contributed by atoms with Gasteiger partial charge in [0.05, 0.1) is 0 Å². The third-order valence-electron chi connectivity index (χ3n) is 2.20. The topological polar surface area (TPSA) is 38.3 Å². The van der Waals surface area contributed by atoms with E-state index in [1.165, 1.54) is 0 Å². The highest BCUT2D eigenvalue weighted by Gasteiger charge is 2.15. The molecule has 1 rings (SSSR count). The second-order valence-electron chi connectivity index (χ2n) is 4.50. The minimum Gasteiger partial charge on any atom is -0.481 e. The first-order chi connectivity index (χ1) is 8.38. The summed E-state index contributed by atoms with van der Waals surface area (Å²) in [4.78, 5) is 11.7. The Morgan fingerprint density at radius 3 is 2.28 bits per heavy atom. The van der Waals surface area contributed by atoms with Crippen molar-refractivity contribution in [3.05, 3.63) is 28.2 Å². The van der Waals surface area contributed by atoms with Crippen molar-refractivity contribution in [2.24, 2.45) is 5.92 Å². The van der Waals surface area contributed by atoms with Gasteiger partial charge >= 0.3 is 0 Å². The van der Waals surface area contributed by atoms with Crippen molar-refractivity contribution in [2.45, 2.75) is 26.9 Å². The molecule has 0 saturated carbocycles. The molecule has 100 valence electrons. The molecule has 1 aromatic carbocycles. The lowest BCUT2D eigenvalue weighted by Crippen LogP contribution is -2.38. The molecule has 0 saturated heterocycles. The molecule has 3 nitrogen and oxygen atoms in total.